The van der Waals surface area contributed by atoms with E-state index in [1.165, 1.54) is 43.3 Å². The van der Waals surface area contributed by atoms with Gasteiger partial charge in [-0.15, -0.1) is 0 Å². The number of carbonyl (C=O) groups excluding carboxylic acids is 2. The Balaban J connectivity index is 0. The van der Waals surface area contributed by atoms with E-state index < -0.39 is 31.4 Å². The van der Waals surface area contributed by atoms with E-state index in [2.05, 4.69) is 120 Å². The van der Waals surface area contributed by atoms with E-state index in [0.29, 0.717) is 0 Å². The molecular weight excluding hydrogens is 583 g/mol. The number of methoxy groups -OCH3 is 3. The topological polar surface area (TPSA) is 102 Å². The van der Waals surface area contributed by atoms with Crippen LogP contribution in [0.15, 0.2) is 116 Å². The van der Waals surface area contributed by atoms with Crippen molar-refractivity contribution in [2.75, 3.05) is 21.3 Å². The van der Waals surface area contributed by atoms with E-state index in [9.17, 15) is 9.59 Å². The number of rotatable bonds is 9. The van der Waals surface area contributed by atoms with Crippen LogP contribution in [-0.4, -0.2) is 38.9 Å². The van der Waals surface area contributed by atoms with Gasteiger partial charge in [0.05, 0.1) is 14.2 Å². The summed E-state index contributed by atoms with van der Waals surface area (Å²) >= 11 is 0. The van der Waals surface area contributed by atoms with E-state index >= 15 is 0 Å². The molecule has 0 saturated heterocycles. The van der Waals surface area contributed by atoms with Gasteiger partial charge in [0.2, 0.25) is 0 Å². The van der Waals surface area contributed by atoms with Crippen molar-refractivity contribution in [2.24, 2.45) is 5.92 Å². The quantitative estimate of drug-likeness (QED) is 0.0672. The smallest absolute Gasteiger partial charge is 0 e. The molecule has 0 spiro atoms. The minimum Gasteiger partial charge on any atom is -0.0622 e. The first kappa shape index (κ1) is 39.6. The molecule has 41 heavy (non-hydrogen) atoms. The Kier molecular flexibility index (Phi) is 22.4. The van der Waals surface area contributed by atoms with Gasteiger partial charge in [-0.1, -0.05) is 123 Å². The predicted octanol–water partition coefficient (Wildman–Crippen LogP) is 4.46. The van der Waals surface area contributed by atoms with Crippen LogP contribution >= 0.6 is 7.92 Å². The van der Waals surface area contributed by atoms with E-state index in [1.54, 1.807) is 19.1 Å². The molecular formula is C32H33FeO7P. The van der Waals surface area contributed by atoms with Gasteiger partial charge in [-0.3, -0.25) is 0 Å². The molecule has 216 valence electrons. The van der Waals surface area contributed by atoms with Crippen LogP contribution in [0.4, 0.5) is 0 Å². The average molecular weight is 616 g/mol. The maximum atomic E-state index is 11.8. The molecule has 0 amide bonds. The van der Waals surface area contributed by atoms with Gasteiger partial charge < -0.3 is 14.2 Å². The van der Waals surface area contributed by atoms with Crippen LogP contribution in [0.3, 0.4) is 0 Å². The summed E-state index contributed by atoms with van der Waals surface area (Å²) in [4.78, 5) is 23.5. The number of hydrogen-bond donors (Lipinski definition) is 0. The molecule has 0 heterocycles. The zero-order valence-electron chi connectivity index (χ0n) is 23.3. The normalized spacial score (nSPS) is 10.5. The Bertz CT molecular complexity index is 1100. The average Bonchev–Trinajstić information content (AvgIpc) is 3.04. The van der Waals surface area contributed by atoms with Crippen LogP contribution < -0.4 is 15.9 Å². The van der Waals surface area contributed by atoms with Crippen molar-refractivity contribution >= 4 is 35.8 Å². The van der Waals surface area contributed by atoms with Crippen molar-refractivity contribution in [3.05, 3.63) is 129 Å². The zero-order valence-corrected chi connectivity index (χ0v) is 25.3. The van der Waals surface area contributed by atoms with Gasteiger partial charge in [0, 0.05) is 30.1 Å². The van der Waals surface area contributed by atoms with Crippen LogP contribution in [0.2, 0.25) is 0 Å². The Morgan fingerprint density at radius 2 is 1.07 bits per heavy atom. The molecule has 0 aromatic heterocycles. The SMILES string of the molecule is C=C/C=C\C(C)C(OC)(C(=O)OC)C(=O)OC.[C-]#[O+].[C-]#[O+].[Fe].c1ccc(P(c2ccccc2)c2ccccc2)cc1. The van der Waals surface area contributed by atoms with Crippen molar-refractivity contribution in [2.45, 2.75) is 12.5 Å². The molecule has 3 aromatic rings. The monoisotopic (exact) mass is 616 g/mol. The first-order valence-electron chi connectivity index (χ1n) is 11.8. The minimum atomic E-state index is -1.79. The van der Waals surface area contributed by atoms with Gasteiger partial charge >= 0.3 is 34.5 Å². The fourth-order valence-corrected chi connectivity index (χ4v) is 5.98. The Morgan fingerprint density at radius 1 is 0.756 bits per heavy atom. The molecule has 1 unspecified atom stereocenters. The number of benzene rings is 3. The maximum Gasteiger partial charge on any atom is 0 e. The largest absolute Gasteiger partial charge is 0.0622 e. The molecule has 1 atom stereocenters. The molecule has 0 bridgehead atoms. The van der Waals surface area contributed by atoms with E-state index in [0.717, 1.165) is 0 Å². The summed E-state index contributed by atoms with van der Waals surface area (Å²) in [5, 5.41) is 4.19. The van der Waals surface area contributed by atoms with Gasteiger partial charge in [0.25, 0.3) is 5.60 Å². The van der Waals surface area contributed by atoms with Crippen molar-refractivity contribution in [3.63, 3.8) is 0 Å². The van der Waals surface area contributed by atoms with Crippen LogP contribution in [-0.2, 0) is 50.2 Å². The van der Waals surface area contributed by atoms with Crippen molar-refractivity contribution in [3.8, 4) is 0 Å². The first-order valence-corrected chi connectivity index (χ1v) is 13.2. The predicted molar refractivity (Wildman–Crippen MR) is 155 cm³/mol. The molecule has 0 aliphatic carbocycles. The van der Waals surface area contributed by atoms with Gasteiger partial charge in [0.15, 0.2) is 0 Å². The molecule has 0 saturated carbocycles. The van der Waals surface area contributed by atoms with Crippen molar-refractivity contribution in [1.29, 1.82) is 0 Å². The molecule has 3 rings (SSSR count). The second kappa shape index (κ2) is 23.2. The number of ether oxygens (including phenoxy) is 3. The zero-order chi connectivity index (χ0) is 30.4. The summed E-state index contributed by atoms with van der Waals surface area (Å²) in [6, 6.07) is 32.3. The fraction of sp³-hybridized carbons (Fsp3) is 0.188. The first-order chi connectivity index (χ1) is 19.5. The Labute approximate surface area is 254 Å². The summed E-state index contributed by atoms with van der Waals surface area (Å²) in [7, 11) is 3.18. The second-order valence-electron chi connectivity index (χ2n) is 7.67. The maximum absolute atomic E-state index is 11.8. The molecule has 0 aliphatic heterocycles. The molecule has 3 aromatic carbocycles. The fourth-order valence-electron chi connectivity index (χ4n) is 3.67. The standard InChI is InChI=1S/C18H15P.C12H18O5.2CO.Fe/c1-4-10-16(11-5-1)19(17-12-6-2-7-13-17)18-14-8-3-9-15-18;1-6-7-8-9(2)12(17-5,10(13)15-3)11(14)16-4;2*1-2;/h1-15H;6-9H,1H2,2-5H3;;;/b;8-7-;;;. The molecule has 0 N–H and O–H groups in total. The van der Waals surface area contributed by atoms with Crippen LogP contribution in [0.25, 0.3) is 0 Å². The summed E-state index contributed by atoms with van der Waals surface area (Å²) < 4.78 is 29.3. The number of esters is 2. The Hall–Kier alpha value is -3.53. The van der Waals surface area contributed by atoms with Gasteiger partial charge in [0.1, 0.15) is 0 Å². The Morgan fingerprint density at radius 3 is 1.32 bits per heavy atom. The second-order valence-corrected chi connectivity index (χ2v) is 9.89. The molecule has 0 fully saturated rings. The van der Waals surface area contributed by atoms with Gasteiger partial charge in [-0.2, -0.15) is 0 Å². The summed E-state index contributed by atoms with van der Waals surface area (Å²) in [6.45, 7) is 14.2. The summed E-state index contributed by atoms with van der Waals surface area (Å²) in [5.41, 5.74) is -1.79. The molecule has 0 radical (unpaired) electrons. The molecule has 7 nitrogen and oxygen atoms in total. The third-order valence-corrected chi connectivity index (χ3v) is 7.96. The van der Waals surface area contributed by atoms with Gasteiger partial charge in [-0.25, -0.2) is 9.59 Å². The van der Waals surface area contributed by atoms with Crippen LogP contribution in [0.1, 0.15) is 6.92 Å². The number of carbonyl (C=O) groups is 2. The van der Waals surface area contributed by atoms with Gasteiger partial charge in [-0.05, 0) is 23.8 Å². The van der Waals surface area contributed by atoms with Crippen LogP contribution in [0, 0.1) is 19.2 Å². The molecule has 0 aliphatic rings. The van der Waals surface area contributed by atoms with Crippen LogP contribution in [0.5, 0.6) is 0 Å². The van der Waals surface area contributed by atoms with E-state index in [4.69, 9.17) is 14.0 Å². The number of allylic oxidation sites excluding steroid dienone is 2. The summed E-state index contributed by atoms with van der Waals surface area (Å²) in [5.74, 6) is -2.15. The minimum absolute atomic E-state index is 0. The number of hydrogen-bond acceptors (Lipinski definition) is 5. The van der Waals surface area contributed by atoms with E-state index in [-0.39, 0.29) is 17.1 Å². The summed E-state index contributed by atoms with van der Waals surface area (Å²) in [6.07, 6.45) is 4.76. The van der Waals surface area contributed by atoms with Crippen molar-refractivity contribution in [1.82, 2.24) is 0 Å². The van der Waals surface area contributed by atoms with Crippen molar-refractivity contribution < 1.29 is 50.2 Å². The molecule has 9 heteroatoms. The van der Waals surface area contributed by atoms with E-state index in [1.807, 2.05) is 0 Å². The third kappa shape index (κ3) is 11.5. The third-order valence-electron chi connectivity index (χ3n) is 5.52.